The number of aryl methyl sites for hydroxylation is 1. The molecular weight excluding hydrogens is 346 g/mol. The number of benzene rings is 1. The minimum atomic E-state index is 0.600. The standard InChI is InChI=1S/C15H16BrN5O/c1-10-6-14(21-15(19-10)17-9-18-21)20(2)8-11-7-12(16)4-5-13(11)22-3/h4-7,9H,8H2,1-3H3. The molecule has 7 heteroatoms. The van der Waals surface area contributed by atoms with Gasteiger partial charge in [0.1, 0.15) is 17.9 Å². The first kappa shape index (κ1) is 14.8. The van der Waals surface area contributed by atoms with Gasteiger partial charge in [-0.1, -0.05) is 15.9 Å². The van der Waals surface area contributed by atoms with E-state index < -0.39 is 0 Å². The maximum atomic E-state index is 5.44. The Kier molecular flexibility index (Phi) is 3.98. The van der Waals surface area contributed by atoms with Crippen LogP contribution in [0, 0.1) is 6.92 Å². The first-order valence-corrected chi connectivity index (χ1v) is 7.58. The van der Waals surface area contributed by atoms with E-state index in [9.17, 15) is 0 Å². The lowest BCUT2D eigenvalue weighted by Gasteiger charge is -2.21. The van der Waals surface area contributed by atoms with Crippen LogP contribution in [-0.2, 0) is 6.54 Å². The Bertz CT molecular complexity index is 817. The zero-order valence-corrected chi connectivity index (χ0v) is 14.2. The molecule has 0 atom stereocenters. The highest BCUT2D eigenvalue weighted by molar-refractivity contribution is 9.10. The first-order valence-electron chi connectivity index (χ1n) is 6.79. The van der Waals surface area contributed by atoms with E-state index in [0.29, 0.717) is 12.3 Å². The predicted molar refractivity (Wildman–Crippen MR) is 88.3 cm³/mol. The summed E-state index contributed by atoms with van der Waals surface area (Å²) in [5, 5.41) is 4.24. The molecule has 0 bridgehead atoms. The number of ether oxygens (including phenoxy) is 1. The van der Waals surface area contributed by atoms with Gasteiger partial charge in [0.25, 0.3) is 5.78 Å². The number of nitrogens with zero attached hydrogens (tertiary/aromatic N) is 5. The summed E-state index contributed by atoms with van der Waals surface area (Å²) in [6.07, 6.45) is 1.51. The number of hydrogen-bond acceptors (Lipinski definition) is 5. The second kappa shape index (κ2) is 5.92. The van der Waals surface area contributed by atoms with Crippen LogP contribution in [0.15, 0.2) is 35.1 Å². The van der Waals surface area contributed by atoms with Crippen molar-refractivity contribution in [2.45, 2.75) is 13.5 Å². The molecule has 0 saturated heterocycles. The summed E-state index contributed by atoms with van der Waals surface area (Å²) in [4.78, 5) is 10.6. The van der Waals surface area contributed by atoms with Gasteiger partial charge in [-0.15, -0.1) is 0 Å². The van der Waals surface area contributed by atoms with Crippen molar-refractivity contribution in [3.63, 3.8) is 0 Å². The van der Waals surface area contributed by atoms with Gasteiger partial charge >= 0.3 is 0 Å². The van der Waals surface area contributed by atoms with Crippen molar-refractivity contribution in [1.29, 1.82) is 0 Å². The maximum absolute atomic E-state index is 5.44. The molecule has 3 rings (SSSR count). The highest BCUT2D eigenvalue weighted by atomic mass is 79.9. The van der Waals surface area contributed by atoms with Crippen LogP contribution in [0.25, 0.3) is 5.78 Å². The summed E-state index contributed by atoms with van der Waals surface area (Å²) in [5.41, 5.74) is 1.99. The number of aromatic nitrogens is 4. The van der Waals surface area contributed by atoms with Crippen LogP contribution in [-0.4, -0.2) is 33.7 Å². The highest BCUT2D eigenvalue weighted by Gasteiger charge is 2.13. The third kappa shape index (κ3) is 2.76. The molecule has 0 fully saturated rings. The SMILES string of the molecule is COc1ccc(Br)cc1CN(C)c1cc(C)nc2ncnn12. The number of rotatable bonds is 4. The zero-order chi connectivity index (χ0) is 15.7. The molecule has 22 heavy (non-hydrogen) atoms. The molecule has 1 aromatic carbocycles. The molecular formula is C15H16BrN5O. The molecule has 0 saturated carbocycles. The van der Waals surface area contributed by atoms with Crippen LogP contribution in [0.3, 0.4) is 0 Å². The normalized spacial score (nSPS) is 10.9. The quantitative estimate of drug-likeness (QED) is 0.715. The van der Waals surface area contributed by atoms with Gasteiger partial charge in [0.15, 0.2) is 0 Å². The second-order valence-electron chi connectivity index (χ2n) is 5.04. The summed E-state index contributed by atoms with van der Waals surface area (Å²) >= 11 is 3.51. The molecule has 3 aromatic rings. The molecule has 0 unspecified atom stereocenters. The molecule has 114 valence electrons. The molecule has 2 aromatic heterocycles. The van der Waals surface area contributed by atoms with Crippen molar-refractivity contribution in [1.82, 2.24) is 19.6 Å². The predicted octanol–water partition coefficient (Wildman–Crippen LogP) is 2.84. The van der Waals surface area contributed by atoms with Crippen molar-refractivity contribution in [2.24, 2.45) is 0 Å². The van der Waals surface area contributed by atoms with Crippen molar-refractivity contribution in [2.75, 3.05) is 19.1 Å². The van der Waals surface area contributed by atoms with Crippen LogP contribution in [0.2, 0.25) is 0 Å². The van der Waals surface area contributed by atoms with Crippen LogP contribution in [0.4, 0.5) is 5.82 Å². The Morgan fingerprint density at radius 2 is 2.14 bits per heavy atom. The largest absolute Gasteiger partial charge is 0.496 e. The van der Waals surface area contributed by atoms with Gasteiger partial charge in [0.05, 0.1) is 7.11 Å². The van der Waals surface area contributed by atoms with Gasteiger partial charge in [-0.3, -0.25) is 0 Å². The number of halogens is 1. The van der Waals surface area contributed by atoms with Gasteiger partial charge < -0.3 is 9.64 Å². The number of hydrogen-bond donors (Lipinski definition) is 0. The lowest BCUT2D eigenvalue weighted by Crippen LogP contribution is -2.20. The number of methoxy groups -OCH3 is 1. The molecule has 0 radical (unpaired) electrons. The van der Waals surface area contributed by atoms with E-state index in [1.807, 2.05) is 32.2 Å². The van der Waals surface area contributed by atoms with E-state index >= 15 is 0 Å². The van der Waals surface area contributed by atoms with E-state index in [2.05, 4.69) is 42.0 Å². The van der Waals surface area contributed by atoms with Crippen molar-refractivity contribution < 1.29 is 4.74 Å². The minimum Gasteiger partial charge on any atom is -0.496 e. The first-order chi connectivity index (χ1) is 10.6. The average Bonchev–Trinajstić information content (AvgIpc) is 2.94. The smallest absolute Gasteiger partial charge is 0.254 e. The third-order valence-electron chi connectivity index (χ3n) is 3.40. The molecule has 0 aliphatic carbocycles. The topological polar surface area (TPSA) is 55.5 Å². The van der Waals surface area contributed by atoms with Crippen LogP contribution in [0.1, 0.15) is 11.3 Å². The average molecular weight is 362 g/mol. The van der Waals surface area contributed by atoms with Crippen molar-refractivity contribution in [3.05, 3.63) is 46.3 Å². The Labute approximate surface area is 136 Å². The second-order valence-corrected chi connectivity index (χ2v) is 5.96. The van der Waals surface area contributed by atoms with Gasteiger partial charge in [-0.2, -0.15) is 14.6 Å². The van der Waals surface area contributed by atoms with Crippen molar-refractivity contribution >= 4 is 27.5 Å². The summed E-state index contributed by atoms with van der Waals surface area (Å²) in [5.74, 6) is 2.39. The Hall–Kier alpha value is -2.15. The van der Waals surface area contributed by atoms with E-state index in [1.54, 1.807) is 11.6 Å². The summed E-state index contributed by atoms with van der Waals surface area (Å²) in [7, 11) is 3.69. The van der Waals surface area contributed by atoms with E-state index in [-0.39, 0.29) is 0 Å². The molecule has 0 spiro atoms. The molecule has 2 heterocycles. The maximum Gasteiger partial charge on any atom is 0.254 e. The fourth-order valence-electron chi connectivity index (χ4n) is 2.39. The fraction of sp³-hybridized carbons (Fsp3) is 0.267. The summed E-state index contributed by atoms with van der Waals surface area (Å²) in [6, 6.07) is 7.97. The molecule has 6 nitrogen and oxygen atoms in total. The van der Waals surface area contributed by atoms with Crippen LogP contribution in [0.5, 0.6) is 5.75 Å². The molecule has 0 aliphatic heterocycles. The monoisotopic (exact) mass is 361 g/mol. The molecule has 0 amide bonds. The van der Waals surface area contributed by atoms with Gasteiger partial charge in [0.2, 0.25) is 0 Å². The molecule has 0 aliphatic rings. The Morgan fingerprint density at radius 3 is 2.91 bits per heavy atom. The third-order valence-corrected chi connectivity index (χ3v) is 3.90. The lowest BCUT2D eigenvalue weighted by atomic mass is 10.2. The summed E-state index contributed by atoms with van der Waals surface area (Å²) < 4.78 is 8.19. The Morgan fingerprint density at radius 1 is 1.32 bits per heavy atom. The zero-order valence-electron chi connectivity index (χ0n) is 12.6. The Balaban J connectivity index is 1.98. The number of anilines is 1. The van der Waals surface area contributed by atoms with Gasteiger partial charge in [-0.05, 0) is 25.1 Å². The lowest BCUT2D eigenvalue weighted by molar-refractivity contribution is 0.409. The fourth-order valence-corrected chi connectivity index (χ4v) is 2.80. The van der Waals surface area contributed by atoms with Crippen LogP contribution >= 0.6 is 15.9 Å². The summed E-state index contributed by atoms with van der Waals surface area (Å²) in [6.45, 7) is 2.63. The van der Waals surface area contributed by atoms with E-state index in [1.165, 1.54) is 6.33 Å². The molecule has 0 N–H and O–H groups in total. The minimum absolute atomic E-state index is 0.600. The number of fused-ring (bicyclic) bond motifs is 1. The van der Waals surface area contributed by atoms with E-state index in [0.717, 1.165) is 27.3 Å². The van der Waals surface area contributed by atoms with Crippen molar-refractivity contribution in [3.8, 4) is 5.75 Å². The highest BCUT2D eigenvalue weighted by Crippen LogP contribution is 2.26. The van der Waals surface area contributed by atoms with Gasteiger partial charge in [0, 0.05) is 35.4 Å². The van der Waals surface area contributed by atoms with Gasteiger partial charge in [-0.25, -0.2) is 4.98 Å². The van der Waals surface area contributed by atoms with Crippen LogP contribution < -0.4 is 9.64 Å². The van der Waals surface area contributed by atoms with E-state index in [4.69, 9.17) is 4.74 Å².